The van der Waals surface area contributed by atoms with Gasteiger partial charge in [-0.05, 0) is 25.1 Å². The molecule has 0 bridgehead atoms. The standard InChI is InChI=1S/C18H28N4O3.2ClH/c1-24-12-13-25-17-5-3-2-4-16(17)20-18(23)22-10-8-21(9-11-22)15-6-7-19-14-15;;/h2-5,15,19H,6-14H2,1H3,(H,20,23);2*1H. The molecule has 0 radical (unpaired) electrons. The topological polar surface area (TPSA) is 66.1 Å². The molecule has 0 aromatic heterocycles. The van der Waals surface area contributed by atoms with E-state index >= 15 is 0 Å². The molecule has 2 aliphatic heterocycles. The average molecular weight is 421 g/mol. The summed E-state index contributed by atoms with van der Waals surface area (Å²) in [6, 6.07) is 8.07. The van der Waals surface area contributed by atoms with Crippen molar-refractivity contribution < 1.29 is 14.3 Å². The Hall–Kier alpha value is -1.25. The monoisotopic (exact) mass is 420 g/mol. The molecule has 2 saturated heterocycles. The summed E-state index contributed by atoms with van der Waals surface area (Å²) >= 11 is 0. The number of anilines is 1. The second-order valence-corrected chi connectivity index (χ2v) is 6.44. The van der Waals surface area contributed by atoms with Crippen LogP contribution in [0.1, 0.15) is 6.42 Å². The first-order valence-electron chi connectivity index (χ1n) is 8.99. The number of para-hydroxylation sites is 2. The van der Waals surface area contributed by atoms with Crippen LogP contribution in [-0.4, -0.2) is 81.5 Å². The van der Waals surface area contributed by atoms with Gasteiger partial charge < -0.3 is 25.0 Å². The number of hydrogen-bond acceptors (Lipinski definition) is 5. The third kappa shape index (κ3) is 6.69. The minimum atomic E-state index is -0.0630. The van der Waals surface area contributed by atoms with E-state index in [1.54, 1.807) is 7.11 Å². The van der Waals surface area contributed by atoms with Gasteiger partial charge in [-0.3, -0.25) is 4.90 Å². The maximum atomic E-state index is 12.6. The smallest absolute Gasteiger partial charge is 0.322 e. The zero-order valence-electron chi connectivity index (χ0n) is 15.7. The van der Waals surface area contributed by atoms with Gasteiger partial charge in [0.25, 0.3) is 0 Å². The highest BCUT2D eigenvalue weighted by molar-refractivity contribution is 5.91. The van der Waals surface area contributed by atoms with Crippen molar-refractivity contribution in [3.05, 3.63) is 24.3 Å². The van der Waals surface area contributed by atoms with Crippen LogP contribution < -0.4 is 15.4 Å². The van der Waals surface area contributed by atoms with Gasteiger partial charge in [-0.25, -0.2) is 4.79 Å². The van der Waals surface area contributed by atoms with E-state index in [4.69, 9.17) is 9.47 Å². The molecule has 154 valence electrons. The Bertz CT molecular complexity index is 565. The van der Waals surface area contributed by atoms with Crippen molar-refractivity contribution >= 4 is 36.5 Å². The number of carbonyl (C=O) groups is 1. The van der Waals surface area contributed by atoms with Crippen molar-refractivity contribution in [2.24, 2.45) is 0 Å². The molecule has 0 saturated carbocycles. The Kier molecular flexibility index (Phi) is 10.8. The van der Waals surface area contributed by atoms with Crippen LogP contribution in [-0.2, 0) is 4.74 Å². The molecule has 1 aromatic rings. The van der Waals surface area contributed by atoms with Gasteiger partial charge in [0.1, 0.15) is 12.4 Å². The Morgan fingerprint density at radius 2 is 1.93 bits per heavy atom. The Morgan fingerprint density at radius 1 is 1.19 bits per heavy atom. The molecule has 7 nitrogen and oxygen atoms in total. The summed E-state index contributed by atoms with van der Waals surface area (Å²) < 4.78 is 10.7. The lowest BCUT2D eigenvalue weighted by Crippen LogP contribution is -2.53. The van der Waals surface area contributed by atoms with E-state index < -0.39 is 0 Å². The van der Waals surface area contributed by atoms with Gasteiger partial charge in [0.2, 0.25) is 0 Å². The first-order chi connectivity index (χ1) is 12.3. The zero-order valence-corrected chi connectivity index (χ0v) is 17.3. The van der Waals surface area contributed by atoms with Gasteiger partial charge >= 0.3 is 6.03 Å². The van der Waals surface area contributed by atoms with Gasteiger partial charge in [-0.15, -0.1) is 24.8 Å². The van der Waals surface area contributed by atoms with Crippen LogP contribution >= 0.6 is 24.8 Å². The molecule has 27 heavy (non-hydrogen) atoms. The van der Waals surface area contributed by atoms with E-state index in [-0.39, 0.29) is 30.8 Å². The van der Waals surface area contributed by atoms with Gasteiger partial charge in [0.05, 0.1) is 12.3 Å². The summed E-state index contributed by atoms with van der Waals surface area (Å²) in [5, 5.41) is 6.39. The van der Waals surface area contributed by atoms with Crippen LogP contribution in [0.5, 0.6) is 5.75 Å². The van der Waals surface area contributed by atoms with E-state index in [0.29, 0.717) is 30.7 Å². The number of ether oxygens (including phenoxy) is 2. The Balaban J connectivity index is 0.00000182. The van der Waals surface area contributed by atoms with Crippen molar-refractivity contribution in [2.75, 3.05) is 64.9 Å². The van der Waals surface area contributed by atoms with Crippen molar-refractivity contribution in [3.8, 4) is 5.75 Å². The molecule has 3 rings (SSSR count). The minimum Gasteiger partial charge on any atom is -0.489 e. The lowest BCUT2D eigenvalue weighted by atomic mass is 10.2. The zero-order chi connectivity index (χ0) is 17.5. The maximum Gasteiger partial charge on any atom is 0.322 e. The van der Waals surface area contributed by atoms with E-state index in [1.165, 1.54) is 6.42 Å². The molecule has 1 unspecified atom stereocenters. The summed E-state index contributed by atoms with van der Waals surface area (Å²) in [5.41, 5.74) is 0.700. The molecule has 2 amide bonds. The van der Waals surface area contributed by atoms with Gasteiger partial charge in [-0.1, -0.05) is 12.1 Å². The Labute approximate surface area is 173 Å². The summed E-state index contributed by atoms with van der Waals surface area (Å²) in [4.78, 5) is 17.0. The highest BCUT2D eigenvalue weighted by atomic mass is 35.5. The third-order valence-corrected chi connectivity index (χ3v) is 4.83. The number of piperazine rings is 1. The van der Waals surface area contributed by atoms with E-state index in [1.807, 2.05) is 29.2 Å². The Morgan fingerprint density at radius 3 is 2.59 bits per heavy atom. The normalized spacial score (nSPS) is 19.7. The summed E-state index contributed by atoms with van der Waals surface area (Å²) in [6.07, 6.45) is 1.21. The van der Waals surface area contributed by atoms with Crippen LogP contribution in [0.4, 0.5) is 10.5 Å². The second kappa shape index (κ2) is 12.3. The lowest BCUT2D eigenvalue weighted by molar-refractivity contribution is 0.119. The van der Waals surface area contributed by atoms with Gasteiger partial charge in [-0.2, -0.15) is 0 Å². The molecular weight excluding hydrogens is 391 g/mol. The number of carbonyl (C=O) groups excluding carboxylic acids is 1. The predicted molar refractivity (Wildman–Crippen MR) is 112 cm³/mol. The van der Waals surface area contributed by atoms with Crippen molar-refractivity contribution in [3.63, 3.8) is 0 Å². The number of nitrogens with zero attached hydrogens (tertiary/aromatic N) is 2. The van der Waals surface area contributed by atoms with Crippen LogP contribution in [0, 0.1) is 0 Å². The van der Waals surface area contributed by atoms with Gasteiger partial charge in [0, 0.05) is 45.9 Å². The number of nitrogens with one attached hydrogen (secondary N) is 2. The second-order valence-electron chi connectivity index (χ2n) is 6.44. The van der Waals surface area contributed by atoms with E-state index in [9.17, 15) is 4.79 Å². The summed E-state index contributed by atoms with van der Waals surface area (Å²) in [7, 11) is 1.64. The van der Waals surface area contributed by atoms with Crippen LogP contribution in [0.25, 0.3) is 0 Å². The quantitative estimate of drug-likeness (QED) is 0.689. The molecule has 9 heteroatoms. The van der Waals surface area contributed by atoms with Crippen molar-refractivity contribution in [2.45, 2.75) is 12.5 Å². The number of rotatable bonds is 6. The molecule has 1 atom stereocenters. The highest BCUT2D eigenvalue weighted by Gasteiger charge is 2.27. The number of amides is 2. The third-order valence-electron chi connectivity index (χ3n) is 4.83. The summed E-state index contributed by atoms with van der Waals surface area (Å²) in [6.45, 7) is 6.53. The lowest BCUT2D eigenvalue weighted by Gasteiger charge is -2.37. The maximum absolute atomic E-state index is 12.6. The van der Waals surface area contributed by atoms with Gasteiger partial charge in [0.15, 0.2) is 0 Å². The van der Waals surface area contributed by atoms with E-state index in [2.05, 4.69) is 15.5 Å². The van der Waals surface area contributed by atoms with Crippen LogP contribution in [0.3, 0.4) is 0 Å². The molecule has 0 aliphatic carbocycles. The minimum absolute atomic E-state index is 0. The fourth-order valence-electron chi connectivity index (χ4n) is 3.37. The number of halogens is 2. The first-order valence-corrected chi connectivity index (χ1v) is 8.99. The van der Waals surface area contributed by atoms with Crippen LogP contribution in [0.2, 0.25) is 0 Å². The number of hydrogen-bond donors (Lipinski definition) is 2. The number of benzene rings is 1. The van der Waals surface area contributed by atoms with E-state index in [0.717, 1.165) is 39.3 Å². The largest absolute Gasteiger partial charge is 0.489 e. The molecule has 0 spiro atoms. The fraction of sp³-hybridized carbons (Fsp3) is 0.611. The average Bonchev–Trinajstić information content (AvgIpc) is 3.18. The van der Waals surface area contributed by atoms with Crippen molar-refractivity contribution in [1.82, 2.24) is 15.1 Å². The molecule has 2 N–H and O–H groups in total. The molecule has 2 fully saturated rings. The first kappa shape index (κ1) is 23.8. The number of methoxy groups -OCH3 is 1. The highest BCUT2D eigenvalue weighted by Crippen LogP contribution is 2.24. The predicted octanol–water partition coefficient (Wildman–Crippen LogP) is 2.07. The molecule has 2 heterocycles. The summed E-state index contributed by atoms with van der Waals surface area (Å²) in [5.74, 6) is 0.670. The molecular formula is C18H30Cl2N4O3. The molecule has 1 aromatic carbocycles. The van der Waals surface area contributed by atoms with Crippen LogP contribution in [0.15, 0.2) is 24.3 Å². The number of urea groups is 1. The fourth-order valence-corrected chi connectivity index (χ4v) is 3.37. The SMILES string of the molecule is COCCOc1ccccc1NC(=O)N1CCN(C2CCNC2)CC1.Cl.Cl. The van der Waals surface area contributed by atoms with Crippen molar-refractivity contribution in [1.29, 1.82) is 0 Å². The molecule has 2 aliphatic rings.